The number of thiocarbonyl (C=S) groups is 1. The van der Waals surface area contributed by atoms with Crippen molar-refractivity contribution in [1.82, 2.24) is 0 Å². The van der Waals surface area contributed by atoms with Crippen LogP contribution in [0.3, 0.4) is 0 Å². The molecule has 0 radical (unpaired) electrons. The van der Waals surface area contributed by atoms with Crippen molar-refractivity contribution in [2.24, 2.45) is 0 Å². The number of alkyl halides is 3. The maximum atomic E-state index is 13.1. The highest BCUT2D eigenvalue weighted by atomic mass is 32.2. The zero-order valence-electron chi connectivity index (χ0n) is 17.9. The highest BCUT2D eigenvalue weighted by Crippen LogP contribution is 2.38. The standard InChI is InChI=1S/C24H13F3N2O5S2/c25-24(26,27)16-4-2-5-18(13-16)28-21(30)20(36-23(28)35)12-14-3-1-6-19(11-14)34-22(31)15-7-9-17(10-8-15)29(32)33/h1-13H/b20-12+. The summed E-state index contributed by atoms with van der Waals surface area (Å²) in [7, 11) is 0. The fourth-order valence-corrected chi connectivity index (χ4v) is 4.52. The molecule has 1 fully saturated rings. The monoisotopic (exact) mass is 530 g/mol. The number of thioether (sulfide) groups is 1. The minimum absolute atomic E-state index is 0.00139. The summed E-state index contributed by atoms with van der Waals surface area (Å²) >= 11 is 6.16. The zero-order chi connectivity index (χ0) is 26.0. The summed E-state index contributed by atoms with van der Waals surface area (Å²) in [6.45, 7) is 0. The summed E-state index contributed by atoms with van der Waals surface area (Å²) in [6, 6.07) is 15.4. The quantitative estimate of drug-likeness (QED) is 0.0964. The molecule has 7 nitrogen and oxygen atoms in total. The van der Waals surface area contributed by atoms with Crippen LogP contribution in [0.4, 0.5) is 24.5 Å². The van der Waals surface area contributed by atoms with E-state index in [1.165, 1.54) is 54.6 Å². The molecule has 0 aromatic heterocycles. The van der Waals surface area contributed by atoms with Crippen LogP contribution in [0.2, 0.25) is 0 Å². The third-order valence-electron chi connectivity index (χ3n) is 4.91. The van der Waals surface area contributed by atoms with Gasteiger partial charge in [0.15, 0.2) is 4.32 Å². The van der Waals surface area contributed by atoms with Crippen molar-refractivity contribution in [3.8, 4) is 5.75 Å². The molecule has 0 atom stereocenters. The third-order valence-corrected chi connectivity index (χ3v) is 6.21. The van der Waals surface area contributed by atoms with Gasteiger partial charge in [0.05, 0.1) is 26.6 Å². The van der Waals surface area contributed by atoms with Crippen LogP contribution < -0.4 is 9.64 Å². The Bertz CT molecular complexity index is 1420. The Labute approximate surface area is 211 Å². The molecule has 36 heavy (non-hydrogen) atoms. The smallest absolute Gasteiger partial charge is 0.416 e. The van der Waals surface area contributed by atoms with Crippen LogP contribution in [0.25, 0.3) is 6.08 Å². The number of carbonyl (C=O) groups excluding carboxylic acids is 2. The fourth-order valence-electron chi connectivity index (χ4n) is 3.22. The van der Waals surface area contributed by atoms with E-state index in [-0.39, 0.29) is 31.9 Å². The molecule has 0 unspecified atom stereocenters. The summed E-state index contributed by atoms with van der Waals surface area (Å²) in [6.07, 6.45) is -3.09. The number of benzene rings is 3. The molecule has 4 rings (SSSR count). The van der Waals surface area contributed by atoms with Gasteiger partial charge in [0.25, 0.3) is 11.6 Å². The van der Waals surface area contributed by atoms with Gasteiger partial charge in [0, 0.05) is 12.1 Å². The van der Waals surface area contributed by atoms with Crippen LogP contribution in [0.1, 0.15) is 21.5 Å². The number of nitrogens with zero attached hydrogens (tertiary/aromatic N) is 2. The topological polar surface area (TPSA) is 89.8 Å². The van der Waals surface area contributed by atoms with Gasteiger partial charge in [-0.05, 0) is 54.1 Å². The third kappa shape index (κ3) is 5.44. The van der Waals surface area contributed by atoms with E-state index in [2.05, 4.69) is 0 Å². The first kappa shape index (κ1) is 25.1. The van der Waals surface area contributed by atoms with Crippen molar-refractivity contribution in [3.05, 3.63) is 105 Å². The predicted octanol–water partition coefficient (Wildman–Crippen LogP) is 6.24. The van der Waals surface area contributed by atoms with Crippen molar-refractivity contribution < 1.29 is 32.4 Å². The molecule has 12 heteroatoms. The summed E-state index contributed by atoms with van der Waals surface area (Å²) in [4.78, 5) is 36.7. The number of esters is 1. The van der Waals surface area contributed by atoms with Crippen LogP contribution in [-0.2, 0) is 11.0 Å². The number of ether oxygens (including phenoxy) is 1. The molecule has 0 N–H and O–H groups in total. The average molecular weight is 531 g/mol. The summed E-state index contributed by atoms with van der Waals surface area (Å²) in [5, 5.41) is 10.8. The van der Waals surface area contributed by atoms with E-state index in [1.54, 1.807) is 12.1 Å². The number of nitro groups is 1. The molecule has 1 saturated heterocycles. The van der Waals surface area contributed by atoms with Crippen LogP contribution in [-0.4, -0.2) is 21.1 Å². The summed E-state index contributed by atoms with van der Waals surface area (Å²) in [5.41, 5.74) is -0.487. The zero-order valence-corrected chi connectivity index (χ0v) is 19.5. The lowest BCUT2D eigenvalue weighted by Crippen LogP contribution is -2.27. The Morgan fingerprint density at radius 2 is 1.75 bits per heavy atom. The Morgan fingerprint density at radius 3 is 2.42 bits per heavy atom. The number of halogens is 3. The molecule has 1 aliphatic rings. The highest BCUT2D eigenvalue weighted by Gasteiger charge is 2.36. The van der Waals surface area contributed by atoms with E-state index < -0.39 is 28.5 Å². The van der Waals surface area contributed by atoms with E-state index in [4.69, 9.17) is 17.0 Å². The molecule has 1 amide bonds. The summed E-state index contributed by atoms with van der Waals surface area (Å²) < 4.78 is 44.6. The van der Waals surface area contributed by atoms with E-state index in [9.17, 15) is 32.9 Å². The second kappa shape index (κ2) is 9.91. The van der Waals surface area contributed by atoms with Crippen LogP contribution >= 0.6 is 24.0 Å². The molecule has 1 aliphatic heterocycles. The van der Waals surface area contributed by atoms with Gasteiger partial charge in [-0.15, -0.1) is 0 Å². The Kier molecular flexibility index (Phi) is 6.91. The van der Waals surface area contributed by atoms with Crippen LogP contribution in [0, 0.1) is 10.1 Å². The number of hydrogen-bond donors (Lipinski definition) is 0. The van der Waals surface area contributed by atoms with Crippen molar-refractivity contribution in [2.45, 2.75) is 6.18 Å². The summed E-state index contributed by atoms with van der Waals surface area (Å²) in [5.74, 6) is -1.17. The van der Waals surface area contributed by atoms with Gasteiger partial charge in [-0.2, -0.15) is 13.2 Å². The number of anilines is 1. The Balaban J connectivity index is 1.53. The van der Waals surface area contributed by atoms with Gasteiger partial charge >= 0.3 is 12.1 Å². The Hall–Kier alpha value is -4.03. The molecule has 0 bridgehead atoms. The Morgan fingerprint density at radius 1 is 1.06 bits per heavy atom. The molecule has 182 valence electrons. The SMILES string of the molecule is O=C(Oc1cccc(/C=C2/SC(=S)N(c3cccc(C(F)(F)F)c3)C2=O)c1)c1ccc([N+](=O)[O-])cc1. The molecule has 1 heterocycles. The van der Waals surface area contributed by atoms with Gasteiger partial charge in [0.2, 0.25) is 0 Å². The number of amides is 1. The second-order valence-electron chi connectivity index (χ2n) is 7.33. The maximum Gasteiger partial charge on any atom is 0.416 e. The minimum Gasteiger partial charge on any atom is -0.423 e. The van der Waals surface area contributed by atoms with Gasteiger partial charge in [-0.25, -0.2) is 4.79 Å². The van der Waals surface area contributed by atoms with Crippen molar-refractivity contribution in [2.75, 3.05) is 4.90 Å². The van der Waals surface area contributed by atoms with Gasteiger partial charge < -0.3 is 4.74 Å². The molecule has 0 spiro atoms. The fraction of sp³-hybridized carbons (Fsp3) is 0.0417. The second-order valence-corrected chi connectivity index (χ2v) is 9.01. The van der Waals surface area contributed by atoms with E-state index >= 15 is 0 Å². The van der Waals surface area contributed by atoms with Crippen LogP contribution in [0.15, 0.2) is 77.7 Å². The first-order valence-corrected chi connectivity index (χ1v) is 11.3. The van der Waals surface area contributed by atoms with Gasteiger partial charge in [0.1, 0.15) is 5.75 Å². The number of non-ortho nitro benzene ring substituents is 1. The minimum atomic E-state index is -4.57. The first-order valence-electron chi connectivity index (χ1n) is 10.0. The van der Waals surface area contributed by atoms with Gasteiger partial charge in [-0.3, -0.25) is 19.8 Å². The molecule has 3 aromatic carbocycles. The van der Waals surface area contributed by atoms with Crippen molar-refractivity contribution in [3.63, 3.8) is 0 Å². The molecular weight excluding hydrogens is 517 g/mol. The molecule has 0 saturated carbocycles. The number of carbonyl (C=O) groups is 2. The normalized spacial score (nSPS) is 14.9. The van der Waals surface area contributed by atoms with Gasteiger partial charge in [-0.1, -0.05) is 42.2 Å². The average Bonchev–Trinajstić information content (AvgIpc) is 3.11. The lowest BCUT2D eigenvalue weighted by Gasteiger charge is -2.16. The lowest BCUT2D eigenvalue weighted by molar-refractivity contribution is -0.384. The predicted molar refractivity (Wildman–Crippen MR) is 132 cm³/mol. The maximum absolute atomic E-state index is 13.1. The van der Waals surface area contributed by atoms with Crippen LogP contribution in [0.5, 0.6) is 5.75 Å². The van der Waals surface area contributed by atoms with Crippen molar-refractivity contribution >= 4 is 57.6 Å². The van der Waals surface area contributed by atoms with E-state index in [0.717, 1.165) is 28.8 Å². The molecular formula is C24H13F3N2O5S2. The number of rotatable bonds is 5. The van der Waals surface area contributed by atoms with E-state index in [0.29, 0.717) is 5.56 Å². The number of nitro benzene ring substituents is 1. The van der Waals surface area contributed by atoms with Crippen molar-refractivity contribution in [1.29, 1.82) is 0 Å². The highest BCUT2D eigenvalue weighted by molar-refractivity contribution is 8.27. The first-order chi connectivity index (χ1) is 17.0. The lowest BCUT2D eigenvalue weighted by atomic mass is 10.1. The molecule has 0 aliphatic carbocycles. The largest absolute Gasteiger partial charge is 0.423 e. The molecule has 3 aromatic rings. The number of hydrogen-bond acceptors (Lipinski definition) is 7. The van der Waals surface area contributed by atoms with E-state index in [1.807, 2.05) is 0 Å².